The average molecular weight is 638 g/mol. The first-order chi connectivity index (χ1) is 22.2. The quantitative estimate of drug-likeness (QED) is 0.177. The molecule has 5 rings (SSSR count). The predicted octanol–water partition coefficient (Wildman–Crippen LogP) is 6.70. The van der Waals surface area contributed by atoms with Crippen LogP contribution in [0.4, 0.5) is 5.69 Å². The molecule has 1 fully saturated rings. The SMILES string of the molecule is CC(C)c1ccc(N(CC(=O)N(Cc2ccccc2)[C@H](Cc2ccccc2)C(=O)NC2CCCC2)S(=O)(=O)c2ccccc2)cc1. The number of hydrogen-bond acceptors (Lipinski definition) is 4. The van der Waals surface area contributed by atoms with Crippen LogP contribution in [0.25, 0.3) is 0 Å². The van der Waals surface area contributed by atoms with Crippen molar-refractivity contribution in [3.05, 3.63) is 132 Å². The van der Waals surface area contributed by atoms with E-state index in [4.69, 9.17) is 0 Å². The van der Waals surface area contributed by atoms with Crippen LogP contribution in [-0.2, 0) is 32.6 Å². The molecule has 240 valence electrons. The lowest BCUT2D eigenvalue weighted by atomic mass is 10.0. The van der Waals surface area contributed by atoms with Crippen LogP contribution in [0, 0.1) is 0 Å². The maximum atomic E-state index is 14.6. The van der Waals surface area contributed by atoms with E-state index in [1.54, 1.807) is 35.2 Å². The van der Waals surface area contributed by atoms with Gasteiger partial charge in [-0.1, -0.05) is 118 Å². The van der Waals surface area contributed by atoms with E-state index in [0.717, 1.165) is 42.4 Å². The van der Waals surface area contributed by atoms with Gasteiger partial charge in [0.25, 0.3) is 10.0 Å². The lowest BCUT2D eigenvalue weighted by molar-refractivity contribution is -0.140. The number of rotatable bonds is 13. The number of nitrogens with zero attached hydrogens (tertiary/aromatic N) is 2. The molecule has 46 heavy (non-hydrogen) atoms. The second-order valence-electron chi connectivity index (χ2n) is 12.3. The second-order valence-corrected chi connectivity index (χ2v) is 14.1. The van der Waals surface area contributed by atoms with Crippen LogP contribution in [0.15, 0.2) is 120 Å². The molecule has 0 aliphatic heterocycles. The van der Waals surface area contributed by atoms with Crippen LogP contribution in [0.3, 0.4) is 0 Å². The van der Waals surface area contributed by atoms with Crippen molar-refractivity contribution in [3.63, 3.8) is 0 Å². The van der Waals surface area contributed by atoms with Crippen molar-refractivity contribution in [2.24, 2.45) is 0 Å². The highest BCUT2D eigenvalue weighted by atomic mass is 32.2. The largest absolute Gasteiger partial charge is 0.352 e. The Morgan fingerprint density at radius 1 is 0.761 bits per heavy atom. The third-order valence-electron chi connectivity index (χ3n) is 8.63. The highest BCUT2D eigenvalue weighted by molar-refractivity contribution is 7.92. The topological polar surface area (TPSA) is 86.8 Å². The molecule has 0 unspecified atom stereocenters. The maximum Gasteiger partial charge on any atom is 0.264 e. The monoisotopic (exact) mass is 637 g/mol. The third kappa shape index (κ3) is 8.23. The Balaban J connectivity index is 1.55. The Morgan fingerprint density at radius 2 is 1.30 bits per heavy atom. The molecule has 2 amide bonds. The molecule has 8 heteroatoms. The molecular weight excluding hydrogens is 595 g/mol. The minimum Gasteiger partial charge on any atom is -0.352 e. The summed E-state index contributed by atoms with van der Waals surface area (Å²) in [5.41, 5.74) is 3.21. The molecule has 1 aliphatic carbocycles. The van der Waals surface area contributed by atoms with Gasteiger partial charge in [0, 0.05) is 19.0 Å². The van der Waals surface area contributed by atoms with Crippen molar-refractivity contribution in [2.75, 3.05) is 10.8 Å². The van der Waals surface area contributed by atoms with Crippen molar-refractivity contribution in [2.45, 2.75) is 75.4 Å². The molecule has 1 aliphatic rings. The second kappa shape index (κ2) is 15.2. The zero-order valence-corrected chi connectivity index (χ0v) is 27.4. The summed E-state index contributed by atoms with van der Waals surface area (Å²) in [5, 5.41) is 3.21. The molecule has 0 aromatic heterocycles. The van der Waals surface area contributed by atoms with Crippen LogP contribution in [0.5, 0.6) is 0 Å². The van der Waals surface area contributed by atoms with Gasteiger partial charge in [-0.25, -0.2) is 8.42 Å². The highest BCUT2D eigenvalue weighted by Gasteiger charge is 2.35. The molecule has 0 spiro atoms. The Morgan fingerprint density at radius 3 is 1.87 bits per heavy atom. The van der Waals surface area contributed by atoms with Gasteiger partial charge in [0.05, 0.1) is 10.6 Å². The van der Waals surface area contributed by atoms with Gasteiger partial charge in [0.2, 0.25) is 11.8 Å². The van der Waals surface area contributed by atoms with Crippen molar-refractivity contribution < 1.29 is 18.0 Å². The molecule has 0 radical (unpaired) electrons. The summed E-state index contributed by atoms with van der Waals surface area (Å²) in [6.45, 7) is 3.83. The predicted molar refractivity (Wildman–Crippen MR) is 183 cm³/mol. The van der Waals surface area contributed by atoms with Crippen molar-refractivity contribution >= 4 is 27.5 Å². The Bertz CT molecular complexity index is 1670. The summed E-state index contributed by atoms with van der Waals surface area (Å²) in [6.07, 6.45) is 4.23. The molecule has 0 bridgehead atoms. The summed E-state index contributed by atoms with van der Waals surface area (Å²) < 4.78 is 29.5. The first-order valence-corrected chi connectivity index (χ1v) is 17.5. The number of sulfonamides is 1. The fourth-order valence-corrected chi connectivity index (χ4v) is 7.41. The zero-order chi connectivity index (χ0) is 32.5. The summed E-state index contributed by atoms with van der Waals surface area (Å²) in [6, 6.07) is 33.8. The molecule has 4 aromatic rings. The highest BCUT2D eigenvalue weighted by Crippen LogP contribution is 2.27. The minimum absolute atomic E-state index is 0.0638. The zero-order valence-electron chi connectivity index (χ0n) is 26.6. The summed E-state index contributed by atoms with van der Waals surface area (Å²) in [4.78, 5) is 30.3. The molecule has 0 heterocycles. The van der Waals surface area contributed by atoms with Gasteiger partial charge in [-0.2, -0.15) is 0 Å². The van der Waals surface area contributed by atoms with Gasteiger partial charge < -0.3 is 10.2 Å². The Hall–Kier alpha value is -4.43. The van der Waals surface area contributed by atoms with Crippen molar-refractivity contribution in [3.8, 4) is 0 Å². The third-order valence-corrected chi connectivity index (χ3v) is 10.4. The van der Waals surface area contributed by atoms with Crippen LogP contribution in [0.1, 0.15) is 62.1 Å². The lowest BCUT2D eigenvalue weighted by Crippen LogP contribution is -2.54. The summed E-state index contributed by atoms with van der Waals surface area (Å²) in [7, 11) is -4.13. The number of amides is 2. The van der Waals surface area contributed by atoms with E-state index < -0.39 is 28.5 Å². The van der Waals surface area contributed by atoms with E-state index in [0.29, 0.717) is 12.1 Å². The van der Waals surface area contributed by atoms with E-state index in [2.05, 4.69) is 19.2 Å². The molecule has 1 N–H and O–H groups in total. The summed E-state index contributed by atoms with van der Waals surface area (Å²) in [5.74, 6) is -0.425. The molecule has 1 saturated carbocycles. The summed E-state index contributed by atoms with van der Waals surface area (Å²) >= 11 is 0. The first kappa shape index (κ1) is 32.9. The van der Waals surface area contributed by atoms with E-state index >= 15 is 0 Å². The fraction of sp³-hybridized carbons (Fsp3) is 0.316. The lowest BCUT2D eigenvalue weighted by Gasteiger charge is -2.34. The van der Waals surface area contributed by atoms with Crippen LogP contribution in [-0.4, -0.2) is 43.8 Å². The van der Waals surface area contributed by atoms with Crippen LogP contribution < -0.4 is 9.62 Å². The maximum absolute atomic E-state index is 14.6. The molecule has 7 nitrogen and oxygen atoms in total. The standard InChI is InChI=1S/C38H43N3O4S/c1-29(2)32-22-24-34(25-23-32)41(46(44,45)35-20-10-5-11-21-35)28-37(42)40(27-31-16-8-4-9-17-31)36(26-30-14-6-3-7-15-30)38(43)39-33-18-12-13-19-33/h3-11,14-17,20-25,29,33,36H,12-13,18-19,26-28H2,1-2H3,(H,39,43)/t36-/m1/s1. The van der Waals surface area contributed by atoms with Crippen molar-refractivity contribution in [1.29, 1.82) is 0 Å². The minimum atomic E-state index is -4.13. The molecule has 4 aromatic carbocycles. The van der Waals surface area contributed by atoms with E-state index in [1.807, 2.05) is 72.8 Å². The molecular formula is C38H43N3O4S. The van der Waals surface area contributed by atoms with Gasteiger partial charge in [-0.15, -0.1) is 0 Å². The number of anilines is 1. The Kier molecular flexibility index (Phi) is 10.9. The van der Waals surface area contributed by atoms with E-state index in [-0.39, 0.29) is 29.3 Å². The van der Waals surface area contributed by atoms with Gasteiger partial charge in [0.1, 0.15) is 12.6 Å². The molecule has 0 saturated heterocycles. The number of carbonyl (C=O) groups excluding carboxylic acids is 2. The van der Waals surface area contributed by atoms with E-state index in [1.165, 1.54) is 16.4 Å². The van der Waals surface area contributed by atoms with Gasteiger partial charge in [-0.3, -0.25) is 13.9 Å². The average Bonchev–Trinajstić information content (AvgIpc) is 3.59. The van der Waals surface area contributed by atoms with Crippen molar-refractivity contribution in [1.82, 2.24) is 10.2 Å². The smallest absolute Gasteiger partial charge is 0.264 e. The van der Waals surface area contributed by atoms with Gasteiger partial charge in [-0.05, 0) is 59.7 Å². The van der Waals surface area contributed by atoms with E-state index in [9.17, 15) is 18.0 Å². The molecule has 1 atom stereocenters. The Labute approximate surface area is 273 Å². The van der Waals surface area contributed by atoms with Crippen LogP contribution >= 0.6 is 0 Å². The number of carbonyl (C=O) groups is 2. The van der Waals surface area contributed by atoms with Gasteiger partial charge >= 0.3 is 0 Å². The first-order valence-electron chi connectivity index (χ1n) is 16.1. The normalized spacial score (nSPS) is 14.2. The van der Waals surface area contributed by atoms with Crippen LogP contribution in [0.2, 0.25) is 0 Å². The fourth-order valence-electron chi connectivity index (χ4n) is 5.98. The number of benzene rings is 4. The van der Waals surface area contributed by atoms with Gasteiger partial charge in [0.15, 0.2) is 0 Å². The number of hydrogen-bond donors (Lipinski definition) is 1. The number of nitrogens with one attached hydrogen (secondary N) is 1.